The lowest BCUT2D eigenvalue weighted by Gasteiger charge is -2.10. The Hall–Kier alpha value is -0.450. The van der Waals surface area contributed by atoms with E-state index in [1.54, 1.807) is 7.11 Å². The van der Waals surface area contributed by atoms with Gasteiger partial charge >= 0.3 is 0 Å². The first-order valence-electron chi connectivity index (χ1n) is 7.36. The van der Waals surface area contributed by atoms with E-state index in [1.165, 1.54) is 17.0 Å². The van der Waals surface area contributed by atoms with Crippen molar-refractivity contribution in [2.75, 3.05) is 13.7 Å². The Morgan fingerprint density at radius 3 is 2.53 bits per heavy atom. The molecule has 1 atom stereocenters. The maximum Gasteiger partial charge on any atom is 0.122 e. The number of nitrogens with zero attached hydrogens (tertiary/aromatic N) is 1. The van der Waals surface area contributed by atoms with Crippen molar-refractivity contribution in [3.05, 3.63) is 15.6 Å². The van der Waals surface area contributed by atoms with Crippen LogP contribution in [0.15, 0.2) is 0 Å². The lowest BCUT2D eigenvalue weighted by atomic mass is 10.1. The molecule has 4 heteroatoms. The Balaban J connectivity index is 2.86. The van der Waals surface area contributed by atoms with Crippen LogP contribution in [-0.2, 0) is 11.3 Å². The van der Waals surface area contributed by atoms with Crippen LogP contribution in [0.25, 0.3) is 0 Å². The molecular formula is C15H28N2OS. The SMILES string of the molecule is CCCNCc1sc(C(CCC)OC)nc1C(C)C. The van der Waals surface area contributed by atoms with Crippen LogP contribution in [0, 0.1) is 0 Å². The monoisotopic (exact) mass is 284 g/mol. The first kappa shape index (κ1) is 16.6. The molecule has 0 radical (unpaired) electrons. The molecule has 0 bridgehead atoms. The van der Waals surface area contributed by atoms with Gasteiger partial charge in [0.1, 0.15) is 11.1 Å². The van der Waals surface area contributed by atoms with Crippen molar-refractivity contribution in [3.63, 3.8) is 0 Å². The van der Waals surface area contributed by atoms with Crippen molar-refractivity contribution in [3.8, 4) is 0 Å². The van der Waals surface area contributed by atoms with Crippen LogP contribution in [0.2, 0.25) is 0 Å². The Morgan fingerprint density at radius 1 is 1.26 bits per heavy atom. The summed E-state index contributed by atoms with van der Waals surface area (Å²) in [6.45, 7) is 10.8. The van der Waals surface area contributed by atoms with E-state index >= 15 is 0 Å². The van der Waals surface area contributed by atoms with Gasteiger partial charge in [-0.15, -0.1) is 11.3 Å². The molecule has 3 nitrogen and oxygen atoms in total. The number of nitrogens with one attached hydrogen (secondary N) is 1. The second kappa shape index (κ2) is 8.67. The molecule has 1 rings (SSSR count). The molecule has 0 aliphatic carbocycles. The Bertz CT molecular complexity index is 363. The standard InChI is InChI=1S/C15H28N2OS/c1-6-8-12(18-5)15-17-14(11(3)4)13(19-15)10-16-9-7-2/h11-12,16H,6-10H2,1-5H3. The van der Waals surface area contributed by atoms with Gasteiger partial charge in [0.05, 0.1) is 5.69 Å². The zero-order chi connectivity index (χ0) is 14.3. The molecule has 0 aliphatic rings. The molecule has 1 aromatic rings. The second-order valence-electron chi connectivity index (χ2n) is 5.21. The lowest BCUT2D eigenvalue weighted by Crippen LogP contribution is -2.14. The molecule has 19 heavy (non-hydrogen) atoms. The average molecular weight is 284 g/mol. The van der Waals surface area contributed by atoms with Crippen molar-refractivity contribution in [2.45, 2.75) is 65.5 Å². The smallest absolute Gasteiger partial charge is 0.122 e. The number of aromatic nitrogens is 1. The van der Waals surface area contributed by atoms with Crippen LogP contribution in [0.5, 0.6) is 0 Å². The van der Waals surface area contributed by atoms with E-state index in [-0.39, 0.29) is 6.10 Å². The van der Waals surface area contributed by atoms with Gasteiger partial charge in [0.15, 0.2) is 0 Å². The van der Waals surface area contributed by atoms with E-state index in [0.29, 0.717) is 5.92 Å². The summed E-state index contributed by atoms with van der Waals surface area (Å²) < 4.78 is 5.58. The van der Waals surface area contributed by atoms with Gasteiger partial charge in [-0.3, -0.25) is 0 Å². The third-order valence-corrected chi connectivity index (χ3v) is 4.28. The lowest BCUT2D eigenvalue weighted by molar-refractivity contribution is 0.0946. The minimum Gasteiger partial charge on any atom is -0.374 e. The summed E-state index contributed by atoms with van der Waals surface area (Å²) in [5, 5.41) is 4.62. The third-order valence-electron chi connectivity index (χ3n) is 3.11. The highest BCUT2D eigenvalue weighted by Gasteiger charge is 2.19. The van der Waals surface area contributed by atoms with Gasteiger partial charge in [0.2, 0.25) is 0 Å². The van der Waals surface area contributed by atoms with Crippen molar-refractivity contribution in [2.24, 2.45) is 0 Å². The molecule has 0 fully saturated rings. The van der Waals surface area contributed by atoms with Gasteiger partial charge < -0.3 is 10.1 Å². The fraction of sp³-hybridized carbons (Fsp3) is 0.800. The summed E-state index contributed by atoms with van der Waals surface area (Å²) in [4.78, 5) is 6.20. The summed E-state index contributed by atoms with van der Waals surface area (Å²) in [5.74, 6) is 0.475. The highest BCUT2D eigenvalue weighted by atomic mass is 32.1. The fourth-order valence-electron chi connectivity index (χ4n) is 2.08. The molecule has 0 saturated carbocycles. The maximum absolute atomic E-state index is 5.58. The molecule has 1 unspecified atom stereocenters. The van der Waals surface area contributed by atoms with Gasteiger partial charge in [-0.2, -0.15) is 0 Å². The maximum atomic E-state index is 5.58. The van der Waals surface area contributed by atoms with Crippen LogP contribution >= 0.6 is 11.3 Å². The number of methoxy groups -OCH3 is 1. The van der Waals surface area contributed by atoms with Gasteiger partial charge in [0.25, 0.3) is 0 Å². The van der Waals surface area contributed by atoms with Crippen LogP contribution < -0.4 is 5.32 Å². The van der Waals surface area contributed by atoms with Crippen LogP contribution in [-0.4, -0.2) is 18.6 Å². The largest absolute Gasteiger partial charge is 0.374 e. The predicted octanol–water partition coefficient (Wildman–Crippen LogP) is 4.25. The minimum atomic E-state index is 0.160. The summed E-state index contributed by atoms with van der Waals surface area (Å²) in [6.07, 6.45) is 3.49. The van der Waals surface area contributed by atoms with Gasteiger partial charge in [-0.1, -0.05) is 34.1 Å². The van der Waals surface area contributed by atoms with E-state index in [1.807, 2.05) is 11.3 Å². The zero-order valence-electron chi connectivity index (χ0n) is 13.0. The predicted molar refractivity (Wildman–Crippen MR) is 82.9 cm³/mol. The number of hydrogen-bond acceptors (Lipinski definition) is 4. The second-order valence-corrected chi connectivity index (χ2v) is 6.32. The van der Waals surface area contributed by atoms with Crippen molar-refractivity contribution < 1.29 is 4.74 Å². The molecule has 1 heterocycles. The summed E-state index contributed by atoms with van der Waals surface area (Å²) in [5.41, 5.74) is 1.24. The van der Waals surface area contributed by atoms with E-state index in [2.05, 4.69) is 33.0 Å². The first-order valence-corrected chi connectivity index (χ1v) is 8.18. The Labute approximate surface area is 121 Å². The molecule has 110 valence electrons. The van der Waals surface area contributed by atoms with Gasteiger partial charge in [-0.05, 0) is 25.3 Å². The van der Waals surface area contributed by atoms with E-state index in [9.17, 15) is 0 Å². The van der Waals surface area contributed by atoms with Crippen LogP contribution in [0.1, 0.15) is 74.6 Å². The average Bonchev–Trinajstić information content (AvgIpc) is 2.80. The van der Waals surface area contributed by atoms with E-state index in [0.717, 1.165) is 30.9 Å². The number of rotatable bonds is 9. The Kier molecular flexibility index (Phi) is 7.57. The van der Waals surface area contributed by atoms with Crippen molar-refractivity contribution in [1.82, 2.24) is 10.3 Å². The number of thiazole rings is 1. The number of hydrogen-bond donors (Lipinski definition) is 1. The van der Waals surface area contributed by atoms with Crippen molar-refractivity contribution >= 4 is 11.3 Å². The highest BCUT2D eigenvalue weighted by molar-refractivity contribution is 7.11. The molecule has 1 N–H and O–H groups in total. The van der Waals surface area contributed by atoms with E-state index in [4.69, 9.17) is 9.72 Å². The molecule has 0 amide bonds. The van der Waals surface area contributed by atoms with Crippen molar-refractivity contribution in [1.29, 1.82) is 0 Å². The Morgan fingerprint density at radius 2 is 2.00 bits per heavy atom. The van der Waals surface area contributed by atoms with Crippen LogP contribution in [0.4, 0.5) is 0 Å². The quantitative estimate of drug-likeness (QED) is 0.688. The normalized spacial score (nSPS) is 13.2. The molecule has 1 aromatic heterocycles. The molecule has 0 saturated heterocycles. The highest BCUT2D eigenvalue weighted by Crippen LogP contribution is 2.32. The van der Waals surface area contributed by atoms with Gasteiger partial charge in [0, 0.05) is 18.5 Å². The fourth-order valence-corrected chi connectivity index (χ4v) is 3.38. The number of ether oxygens (including phenoxy) is 1. The van der Waals surface area contributed by atoms with Gasteiger partial charge in [-0.25, -0.2) is 4.98 Å². The third kappa shape index (κ3) is 4.86. The van der Waals surface area contributed by atoms with Crippen LogP contribution in [0.3, 0.4) is 0 Å². The molecule has 0 aliphatic heterocycles. The molecule has 0 aromatic carbocycles. The minimum absolute atomic E-state index is 0.160. The first-order chi connectivity index (χ1) is 9.13. The zero-order valence-corrected chi connectivity index (χ0v) is 13.8. The summed E-state index contributed by atoms with van der Waals surface area (Å²) in [7, 11) is 1.78. The molecule has 0 spiro atoms. The molecular weight excluding hydrogens is 256 g/mol. The van der Waals surface area contributed by atoms with E-state index < -0.39 is 0 Å². The summed E-state index contributed by atoms with van der Waals surface area (Å²) in [6, 6.07) is 0. The summed E-state index contributed by atoms with van der Waals surface area (Å²) >= 11 is 1.81. The topological polar surface area (TPSA) is 34.1 Å².